The average molecular weight is 222 g/mol. The number of rotatable bonds is 7. The molecule has 1 heterocycles. The van der Waals surface area contributed by atoms with E-state index in [1.807, 2.05) is 12.1 Å². The van der Waals surface area contributed by atoms with Crippen molar-refractivity contribution in [2.75, 3.05) is 20.2 Å². The molecule has 0 spiro atoms. The van der Waals surface area contributed by atoms with E-state index in [1.165, 1.54) is 12.7 Å². The van der Waals surface area contributed by atoms with E-state index >= 15 is 0 Å². The Morgan fingerprint density at radius 2 is 2.12 bits per heavy atom. The van der Waals surface area contributed by atoms with Crippen LogP contribution in [0.1, 0.15) is 18.4 Å². The van der Waals surface area contributed by atoms with E-state index in [0.29, 0.717) is 6.42 Å². The Labute approximate surface area is 96.0 Å². The molecule has 16 heavy (non-hydrogen) atoms. The summed E-state index contributed by atoms with van der Waals surface area (Å²) in [5, 5.41) is 3.29. The molecular weight excluding hydrogens is 204 g/mol. The number of pyridine rings is 1. The summed E-state index contributed by atoms with van der Waals surface area (Å²) in [6.45, 7) is 1.77. The lowest BCUT2D eigenvalue weighted by atomic mass is 10.2. The minimum atomic E-state index is -0.143. The molecule has 0 bridgehead atoms. The van der Waals surface area contributed by atoms with Crippen molar-refractivity contribution in [3.05, 3.63) is 30.1 Å². The van der Waals surface area contributed by atoms with E-state index in [2.05, 4.69) is 15.0 Å². The number of carbonyl (C=O) groups excluding carboxylic acids is 1. The van der Waals surface area contributed by atoms with Crippen molar-refractivity contribution in [1.29, 1.82) is 0 Å². The van der Waals surface area contributed by atoms with Crippen LogP contribution in [0.25, 0.3) is 0 Å². The van der Waals surface area contributed by atoms with Crippen molar-refractivity contribution >= 4 is 5.97 Å². The highest BCUT2D eigenvalue weighted by Gasteiger charge is 1.98. The van der Waals surface area contributed by atoms with Crippen LogP contribution in [0.3, 0.4) is 0 Å². The number of nitrogens with one attached hydrogen (secondary N) is 1. The van der Waals surface area contributed by atoms with Gasteiger partial charge >= 0.3 is 5.97 Å². The molecule has 4 nitrogen and oxygen atoms in total. The zero-order valence-electron chi connectivity index (χ0n) is 9.61. The molecule has 0 aromatic carbocycles. The lowest BCUT2D eigenvalue weighted by Gasteiger charge is -2.04. The third-order valence-corrected chi connectivity index (χ3v) is 2.30. The first kappa shape index (κ1) is 12.6. The lowest BCUT2D eigenvalue weighted by molar-refractivity contribution is -0.140. The van der Waals surface area contributed by atoms with E-state index in [0.717, 1.165) is 25.9 Å². The molecule has 1 aromatic heterocycles. The average Bonchev–Trinajstić information content (AvgIpc) is 2.34. The van der Waals surface area contributed by atoms with Gasteiger partial charge in [0, 0.05) is 18.8 Å². The Morgan fingerprint density at radius 3 is 2.81 bits per heavy atom. The van der Waals surface area contributed by atoms with Crippen molar-refractivity contribution in [3.8, 4) is 0 Å². The van der Waals surface area contributed by atoms with Crippen LogP contribution in [0.15, 0.2) is 24.5 Å². The molecule has 1 N–H and O–H groups in total. The summed E-state index contributed by atoms with van der Waals surface area (Å²) in [5.74, 6) is -0.143. The van der Waals surface area contributed by atoms with Crippen LogP contribution >= 0.6 is 0 Å². The fourth-order valence-electron chi connectivity index (χ4n) is 1.37. The molecule has 4 heteroatoms. The molecule has 0 saturated heterocycles. The third kappa shape index (κ3) is 5.46. The molecule has 0 unspecified atom stereocenters. The Hall–Kier alpha value is -1.42. The van der Waals surface area contributed by atoms with Crippen LogP contribution in [-0.4, -0.2) is 31.2 Å². The van der Waals surface area contributed by atoms with Gasteiger partial charge in [0.05, 0.1) is 7.11 Å². The first-order valence-corrected chi connectivity index (χ1v) is 5.49. The van der Waals surface area contributed by atoms with Gasteiger partial charge in [0.15, 0.2) is 0 Å². The van der Waals surface area contributed by atoms with E-state index in [4.69, 9.17) is 0 Å². The molecule has 0 amide bonds. The van der Waals surface area contributed by atoms with Crippen LogP contribution in [0, 0.1) is 0 Å². The molecule has 0 aliphatic carbocycles. The highest BCUT2D eigenvalue weighted by atomic mass is 16.5. The molecule has 0 radical (unpaired) electrons. The monoisotopic (exact) mass is 222 g/mol. The smallest absolute Gasteiger partial charge is 0.305 e. The Bertz CT molecular complexity index is 301. The van der Waals surface area contributed by atoms with Gasteiger partial charge in [0.25, 0.3) is 0 Å². The van der Waals surface area contributed by atoms with E-state index in [-0.39, 0.29) is 5.97 Å². The molecule has 0 saturated carbocycles. The van der Waals surface area contributed by atoms with E-state index in [1.54, 1.807) is 12.4 Å². The van der Waals surface area contributed by atoms with Gasteiger partial charge in [-0.05, 0) is 43.6 Å². The molecule has 0 aliphatic heterocycles. The fourth-order valence-corrected chi connectivity index (χ4v) is 1.37. The summed E-state index contributed by atoms with van der Waals surface area (Å²) < 4.78 is 4.55. The second-order valence-electron chi connectivity index (χ2n) is 3.54. The van der Waals surface area contributed by atoms with Gasteiger partial charge in [-0.15, -0.1) is 0 Å². The van der Waals surface area contributed by atoms with E-state index < -0.39 is 0 Å². The van der Waals surface area contributed by atoms with Crippen LogP contribution in [0.5, 0.6) is 0 Å². The molecule has 1 rings (SSSR count). The maximum Gasteiger partial charge on any atom is 0.305 e. The molecule has 0 aliphatic rings. The van der Waals surface area contributed by atoms with Gasteiger partial charge in [-0.25, -0.2) is 0 Å². The molecular formula is C12H18N2O2. The molecule has 88 valence electrons. The van der Waals surface area contributed by atoms with Gasteiger partial charge < -0.3 is 10.1 Å². The second-order valence-corrected chi connectivity index (χ2v) is 3.54. The van der Waals surface area contributed by atoms with Gasteiger partial charge in [0.2, 0.25) is 0 Å². The largest absolute Gasteiger partial charge is 0.469 e. The van der Waals surface area contributed by atoms with E-state index in [9.17, 15) is 4.79 Å². The number of hydrogen-bond donors (Lipinski definition) is 1. The predicted molar refractivity (Wildman–Crippen MR) is 62.1 cm³/mol. The number of ether oxygens (including phenoxy) is 1. The number of nitrogens with zero attached hydrogens (tertiary/aromatic N) is 1. The summed E-state index contributed by atoms with van der Waals surface area (Å²) in [6, 6.07) is 4.02. The van der Waals surface area contributed by atoms with Crippen molar-refractivity contribution in [3.63, 3.8) is 0 Å². The topological polar surface area (TPSA) is 51.2 Å². The van der Waals surface area contributed by atoms with Crippen LogP contribution in [0.4, 0.5) is 0 Å². The maximum atomic E-state index is 10.8. The molecule has 0 fully saturated rings. The third-order valence-electron chi connectivity index (χ3n) is 2.30. The zero-order valence-corrected chi connectivity index (χ0v) is 9.61. The standard InChI is InChI=1S/C12H18N2O2/c1-16-12(15)3-2-7-13-8-4-11-5-9-14-10-6-11/h5-6,9-10,13H,2-4,7-8H2,1H3. The quantitative estimate of drug-likeness (QED) is 0.555. The number of methoxy groups -OCH3 is 1. The van der Waals surface area contributed by atoms with Crippen LogP contribution in [0.2, 0.25) is 0 Å². The SMILES string of the molecule is COC(=O)CCCNCCc1ccncc1. The summed E-state index contributed by atoms with van der Waals surface area (Å²) in [7, 11) is 1.42. The summed E-state index contributed by atoms with van der Waals surface area (Å²) in [5.41, 5.74) is 1.27. The van der Waals surface area contributed by atoms with Gasteiger partial charge in [-0.2, -0.15) is 0 Å². The highest BCUT2D eigenvalue weighted by molar-refractivity contribution is 5.69. The molecule has 1 aromatic rings. The first-order chi connectivity index (χ1) is 7.83. The minimum absolute atomic E-state index is 0.143. The Morgan fingerprint density at radius 1 is 1.38 bits per heavy atom. The van der Waals surface area contributed by atoms with Crippen LogP contribution in [-0.2, 0) is 16.0 Å². The number of esters is 1. The van der Waals surface area contributed by atoms with Gasteiger partial charge in [0.1, 0.15) is 0 Å². The van der Waals surface area contributed by atoms with Gasteiger partial charge in [-0.1, -0.05) is 0 Å². The minimum Gasteiger partial charge on any atom is -0.469 e. The summed E-state index contributed by atoms with van der Waals surface area (Å²) in [6.07, 6.45) is 5.89. The molecule has 0 atom stereocenters. The summed E-state index contributed by atoms with van der Waals surface area (Å²) in [4.78, 5) is 14.8. The van der Waals surface area contributed by atoms with Crippen molar-refractivity contribution in [2.24, 2.45) is 0 Å². The fraction of sp³-hybridized carbons (Fsp3) is 0.500. The maximum absolute atomic E-state index is 10.8. The van der Waals surface area contributed by atoms with Gasteiger partial charge in [-0.3, -0.25) is 9.78 Å². The normalized spacial score (nSPS) is 10.1. The second kappa shape index (κ2) is 7.82. The van der Waals surface area contributed by atoms with Crippen molar-refractivity contribution in [1.82, 2.24) is 10.3 Å². The number of carbonyl (C=O) groups is 1. The first-order valence-electron chi connectivity index (χ1n) is 5.49. The Balaban J connectivity index is 1.98. The van der Waals surface area contributed by atoms with Crippen LogP contribution < -0.4 is 5.32 Å². The van der Waals surface area contributed by atoms with Crippen molar-refractivity contribution < 1.29 is 9.53 Å². The Kier molecular flexibility index (Phi) is 6.18. The predicted octanol–water partition coefficient (Wildman–Crippen LogP) is 1.17. The number of hydrogen-bond acceptors (Lipinski definition) is 4. The highest BCUT2D eigenvalue weighted by Crippen LogP contribution is 1.96. The van der Waals surface area contributed by atoms with Crippen molar-refractivity contribution in [2.45, 2.75) is 19.3 Å². The number of aromatic nitrogens is 1. The summed E-state index contributed by atoms with van der Waals surface area (Å²) >= 11 is 0. The lowest BCUT2D eigenvalue weighted by Crippen LogP contribution is -2.19. The zero-order chi connectivity index (χ0) is 11.6.